The molecule has 0 radical (unpaired) electrons. The van der Waals surface area contributed by atoms with Crippen molar-refractivity contribution in [3.63, 3.8) is 0 Å². The molecular formula is C17H23ClN2OS. The lowest BCUT2D eigenvalue weighted by Gasteiger charge is -2.19. The number of rotatable bonds is 5. The summed E-state index contributed by atoms with van der Waals surface area (Å²) >= 11 is 1.76. The molecule has 120 valence electrons. The third-order valence-electron chi connectivity index (χ3n) is 3.66. The van der Waals surface area contributed by atoms with Gasteiger partial charge in [0.05, 0.1) is 12.0 Å². The number of hydrogen-bond acceptors (Lipinski definition) is 3. The minimum atomic E-state index is -0.298. The summed E-state index contributed by atoms with van der Waals surface area (Å²) in [6.07, 6.45) is 0. The lowest BCUT2D eigenvalue weighted by Crippen LogP contribution is -2.35. The molecule has 0 saturated carbocycles. The maximum atomic E-state index is 12.5. The Morgan fingerprint density at radius 2 is 1.91 bits per heavy atom. The van der Waals surface area contributed by atoms with Crippen LogP contribution in [0, 0.1) is 13.8 Å². The number of amides is 1. The molecule has 1 aromatic carbocycles. The first-order chi connectivity index (χ1) is 10.0. The molecule has 0 bridgehead atoms. The van der Waals surface area contributed by atoms with Crippen LogP contribution in [0.2, 0.25) is 0 Å². The molecule has 0 aliphatic heterocycles. The summed E-state index contributed by atoms with van der Waals surface area (Å²) in [4.78, 5) is 15.0. The van der Waals surface area contributed by atoms with Crippen molar-refractivity contribution in [2.45, 2.75) is 32.7 Å². The maximum Gasteiger partial charge on any atom is 0.229 e. The number of benzene rings is 1. The summed E-state index contributed by atoms with van der Waals surface area (Å²) in [6, 6.07) is 11.8. The maximum absolute atomic E-state index is 12.5. The minimum absolute atomic E-state index is 0. The topological polar surface area (TPSA) is 55.1 Å². The molecule has 5 heteroatoms. The molecular weight excluding hydrogens is 316 g/mol. The van der Waals surface area contributed by atoms with Crippen LogP contribution in [0.4, 0.5) is 0 Å². The summed E-state index contributed by atoms with van der Waals surface area (Å²) in [5.41, 5.74) is 7.95. The Labute approximate surface area is 142 Å². The van der Waals surface area contributed by atoms with Gasteiger partial charge in [0.2, 0.25) is 5.91 Å². The average molecular weight is 339 g/mol. The number of hydrogen-bond donors (Lipinski definition) is 2. The minimum Gasteiger partial charge on any atom is -0.349 e. The van der Waals surface area contributed by atoms with E-state index in [4.69, 9.17) is 5.73 Å². The summed E-state index contributed by atoms with van der Waals surface area (Å²) in [6.45, 7) is 6.50. The second-order valence-electron chi connectivity index (χ2n) is 5.30. The Morgan fingerprint density at radius 3 is 2.41 bits per heavy atom. The number of thiophene rings is 1. The van der Waals surface area contributed by atoms with E-state index >= 15 is 0 Å². The Morgan fingerprint density at radius 1 is 1.27 bits per heavy atom. The third kappa shape index (κ3) is 4.32. The van der Waals surface area contributed by atoms with Crippen LogP contribution in [-0.4, -0.2) is 12.5 Å². The molecule has 2 unspecified atom stereocenters. The van der Waals surface area contributed by atoms with E-state index in [0.717, 1.165) is 5.56 Å². The highest BCUT2D eigenvalue weighted by Crippen LogP contribution is 2.26. The lowest BCUT2D eigenvalue weighted by molar-refractivity contribution is -0.123. The number of carbonyl (C=O) groups excluding carboxylic acids is 1. The van der Waals surface area contributed by atoms with Crippen molar-refractivity contribution in [2.24, 2.45) is 5.73 Å². The van der Waals surface area contributed by atoms with Crippen molar-refractivity contribution in [3.8, 4) is 0 Å². The largest absolute Gasteiger partial charge is 0.349 e. The van der Waals surface area contributed by atoms with Crippen molar-refractivity contribution in [2.75, 3.05) is 6.54 Å². The van der Waals surface area contributed by atoms with Gasteiger partial charge in [0.1, 0.15) is 0 Å². The van der Waals surface area contributed by atoms with E-state index < -0.39 is 0 Å². The van der Waals surface area contributed by atoms with Crippen LogP contribution >= 0.6 is 23.7 Å². The molecule has 1 aromatic heterocycles. The summed E-state index contributed by atoms with van der Waals surface area (Å²) < 4.78 is 0. The number of nitrogens with two attached hydrogens (primary N) is 1. The van der Waals surface area contributed by atoms with Crippen LogP contribution in [0.5, 0.6) is 0 Å². The zero-order valence-electron chi connectivity index (χ0n) is 13.1. The third-order valence-corrected chi connectivity index (χ3v) is 4.64. The Bertz CT molecular complexity index is 612. The highest BCUT2D eigenvalue weighted by molar-refractivity contribution is 7.12. The summed E-state index contributed by atoms with van der Waals surface area (Å²) in [7, 11) is 0. The van der Waals surface area contributed by atoms with Crippen molar-refractivity contribution >= 4 is 29.7 Å². The smallest absolute Gasteiger partial charge is 0.229 e. The van der Waals surface area contributed by atoms with Gasteiger partial charge in [0.25, 0.3) is 0 Å². The van der Waals surface area contributed by atoms with Gasteiger partial charge in [-0.3, -0.25) is 4.79 Å². The highest BCUT2D eigenvalue weighted by atomic mass is 35.5. The van der Waals surface area contributed by atoms with Crippen molar-refractivity contribution in [3.05, 3.63) is 57.3 Å². The Balaban J connectivity index is 0.00000242. The van der Waals surface area contributed by atoms with Crippen molar-refractivity contribution in [1.82, 2.24) is 5.32 Å². The van der Waals surface area contributed by atoms with Crippen LogP contribution in [0.25, 0.3) is 0 Å². The average Bonchev–Trinajstić information content (AvgIpc) is 2.80. The molecule has 2 aromatic rings. The molecule has 2 atom stereocenters. The molecule has 0 aliphatic carbocycles. The second-order valence-corrected chi connectivity index (χ2v) is 6.76. The molecule has 0 spiro atoms. The van der Waals surface area contributed by atoms with Crippen LogP contribution < -0.4 is 11.1 Å². The van der Waals surface area contributed by atoms with E-state index in [1.807, 2.05) is 37.3 Å². The molecule has 3 N–H and O–H groups in total. The molecule has 0 aliphatic rings. The molecule has 2 rings (SSSR count). The number of aryl methyl sites for hydroxylation is 2. The van der Waals surface area contributed by atoms with Gasteiger partial charge in [-0.25, -0.2) is 0 Å². The number of carbonyl (C=O) groups is 1. The molecule has 3 nitrogen and oxygen atoms in total. The molecule has 22 heavy (non-hydrogen) atoms. The van der Waals surface area contributed by atoms with E-state index in [1.165, 1.54) is 15.3 Å². The quantitative estimate of drug-likeness (QED) is 0.873. The normalized spacial score (nSPS) is 13.1. The summed E-state index contributed by atoms with van der Waals surface area (Å²) in [5, 5.41) is 3.09. The fourth-order valence-corrected chi connectivity index (χ4v) is 3.57. The standard InChI is InChI=1S/C17H22N2OS.ClH/c1-11-9-15(13(3)21-11)12(2)19-17(20)16(10-18)14-7-5-4-6-8-14;/h4-9,12,16H,10,18H2,1-3H3,(H,19,20);1H. The molecule has 1 amide bonds. The predicted octanol–water partition coefficient (Wildman–Crippen LogP) is 3.71. The molecule has 0 fully saturated rings. The van der Waals surface area contributed by atoms with Crippen LogP contribution in [0.1, 0.15) is 39.8 Å². The molecule has 0 saturated heterocycles. The van der Waals surface area contributed by atoms with Gasteiger partial charge in [0.15, 0.2) is 0 Å². The number of halogens is 1. The molecule has 1 heterocycles. The monoisotopic (exact) mass is 338 g/mol. The Kier molecular flexibility index (Phi) is 7.07. The first-order valence-corrected chi connectivity index (χ1v) is 7.97. The first kappa shape index (κ1) is 18.7. The fourth-order valence-electron chi connectivity index (χ4n) is 2.55. The second kappa shape index (κ2) is 8.32. The van der Waals surface area contributed by atoms with Gasteiger partial charge in [-0.1, -0.05) is 30.3 Å². The van der Waals surface area contributed by atoms with Crippen molar-refractivity contribution < 1.29 is 4.79 Å². The predicted molar refractivity (Wildman–Crippen MR) is 95.8 cm³/mol. The van der Waals surface area contributed by atoms with Gasteiger partial charge in [-0.05, 0) is 38.0 Å². The highest BCUT2D eigenvalue weighted by Gasteiger charge is 2.21. The first-order valence-electron chi connectivity index (χ1n) is 7.15. The Hall–Kier alpha value is -1.36. The lowest BCUT2D eigenvalue weighted by atomic mass is 9.97. The van der Waals surface area contributed by atoms with Gasteiger partial charge < -0.3 is 11.1 Å². The van der Waals surface area contributed by atoms with E-state index in [0.29, 0.717) is 6.54 Å². The number of nitrogens with one attached hydrogen (secondary N) is 1. The van der Waals surface area contributed by atoms with E-state index in [9.17, 15) is 4.79 Å². The van der Waals surface area contributed by atoms with Crippen molar-refractivity contribution in [1.29, 1.82) is 0 Å². The van der Waals surface area contributed by atoms with E-state index in [1.54, 1.807) is 11.3 Å². The summed E-state index contributed by atoms with van der Waals surface area (Å²) in [5.74, 6) is -0.312. The van der Waals surface area contributed by atoms with Crippen LogP contribution in [0.3, 0.4) is 0 Å². The SMILES string of the molecule is Cc1cc(C(C)NC(=O)C(CN)c2ccccc2)c(C)s1.Cl. The van der Waals surface area contributed by atoms with E-state index in [-0.39, 0.29) is 30.3 Å². The van der Waals surface area contributed by atoms with Gasteiger partial charge in [0, 0.05) is 16.3 Å². The van der Waals surface area contributed by atoms with Gasteiger partial charge in [-0.2, -0.15) is 0 Å². The zero-order valence-corrected chi connectivity index (χ0v) is 14.8. The van der Waals surface area contributed by atoms with Gasteiger partial charge in [-0.15, -0.1) is 23.7 Å². The fraction of sp³-hybridized carbons (Fsp3) is 0.353. The van der Waals surface area contributed by atoms with Gasteiger partial charge >= 0.3 is 0 Å². The van der Waals surface area contributed by atoms with Crippen LogP contribution in [0.15, 0.2) is 36.4 Å². The van der Waals surface area contributed by atoms with E-state index in [2.05, 4.69) is 25.2 Å². The van der Waals surface area contributed by atoms with Crippen LogP contribution in [-0.2, 0) is 4.79 Å². The zero-order chi connectivity index (χ0) is 15.4.